The Labute approximate surface area is 207 Å². The lowest BCUT2D eigenvalue weighted by Gasteiger charge is -2.35. The van der Waals surface area contributed by atoms with Crippen LogP contribution in [0.3, 0.4) is 0 Å². The van der Waals surface area contributed by atoms with Gasteiger partial charge in [-0.25, -0.2) is 13.6 Å². The molecule has 182 valence electrons. The van der Waals surface area contributed by atoms with E-state index in [0.717, 1.165) is 16.7 Å². The van der Waals surface area contributed by atoms with Gasteiger partial charge < -0.3 is 9.84 Å². The van der Waals surface area contributed by atoms with E-state index < -0.39 is 11.9 Å². The van der Waals surface area contributed by atoms with Crippen LogP contribution in [0.15, 0.2) is 70.9 Å². The number of hydrogen-bond donors (Lipinski definition) is 1. The minimum atomic E-state index is -0.574. The van der Waals surface area contributed by atoms with Gasteiger partial charge in [0, 0.05) is 11.3 Å². The highest BCUT2D eigenvalue weighted by Gasteiger charge is 2.36. The normalized spacial score (nSPS) is 15.9. The molecule has 1 unspecified atom stereocenters. The summed E-state index contributed by atoms with van der Waals surface area (Å²) in [6.07, 6.45) is 0. The van der Waals surface area contributed by atoms with E-state index in [4.69, 9.17) is 4.52 Å². The molecule has 0 spiro atoms. The molecule has 1 atom stereocenters. The molecule has 36 heavy (non-hydrogen) atoms. The van der Waals surface area contributed by atoms with Crippen LogP contribution < -0.4 is 10.2 Å². The number of anilines is 1. The molecule has 3 aromatic carbocycles. The van der Waals surface area contributed by atoms with Crippen molar-refractivity contribution in [3.63, 3.8) is 0 Å². The maximum absolute atomic E-state index is 14.0. The fourth-order valence-corrected chi connectivity index (χ4v) is 4.37. The van der Waals surface area contributed by atoms with Gasteiger partial charge in [-0.05, 0) is 80.3 Å². The fourth-order valence-electron chi connectivity index (χ4n) is 4.37. The summed E-state index contributed by atoms with van der Waals surface area (Å²) in [6.45, 7) is 7.44. The Morgan fingerprint density at radius 3 is 2.44 bits per heavy atom. The van der Waals surface area contributed by atoms with E-state index in [9.17, 15) is 13.6 Å². The minimum Gasteiger partial charge on any atom is -0.334 e. The van der Waals surface area contributed by atoms with Gasteiger partial charge in [0.15, 0.2) is 0 Å². The number of rotatable bonds is 4. The highest BCUT2D eigenvalue weighted by molar-refractivity contribution is 6.01. The highest BCUT2D eigenvalue weighted by atomic mass is 19.1. The molecule has 2 amide bonds. The van der Waals surface area contributed by atoms with Gasteiger partial charge in [-0.1, -0.05) is 35.5 Å². The van der Waals surface area contributed by atoms with Crippen LogP contribution in [0, 0.1) is 32.4 Å². The third kappa shape index (κ3) is 4.15. The molecule has 1 aromatic heterocycles. The van der Waals surface area contributed by atoms with Crippen molar-refractivity contribution in [2.75, 3.05) is 4.90 Å². The van der Waals surface area contributed by atoms with Crippen molar-refractivity contribution in [1.82, 2.24) is 15.5 Å². The predicted molar refractivity (Wildman–Crippen MR) is 133 cm³/mol. The van der Waals surface area contributed by atoms with Gasteiger partial charge in [0.1, 0.15) is 11.6 Å². The zero-order valence-corrected chi connectivity index (χ0v) is 20.3. The van der Waals surface area contributed by atoms with E-state index >= 15 is 0 Å². The zero-order chi connectivity index (χ0) is 25.6. The minimum absolute atomic E-state index is 0.193. The summed E-state index contributed by atoms with van der Waals surface area (Å²) in [5.74, 6) is -0.351. The van der Waals surface area contributed by atoms with Crippen molar-refractivity contribution in [1.29, 1.82) is 0 Å². The standard InChI is InChI=1S/C28H24F2N4O2/c1-15-8-9-19(12-16(15)2)25-24(27-32-26(33-36-27)20-6-5-7-21(29)14-20)18(4)34(28(35)31-25)22-10-11-23(30)17(3)13-22/h5-14,25H,1-4H3,(H,31,35). The molecule has 8 heteroatoms. The van der Waals surface area contributed by atoms with Crippen molar-refractivity contribution in [3.8, 4) is 11.4 Å². The van der Waals surface area contributed by atoms with Crippen molar-refractivity contribution >= 4 is 17.3 Å². The summed E-state index contributed by atoms with van der Waals surface area (Å²) >= 11 is 0. The van der Waals surface area contributed by atoms with Gasteiger partial charge >= 0.3 is 6.03 Å². The molecule has 1 aliphatic heterocycles. The van der Waals surface area contributed by atoms with Crippen LogP contribution in [0.5, 0.6) is 0 Å². The van der Waals surface area contributed by atoms with Crippen LogP contribution >= 0.6 is 0 Å². The van der Waals surface area contributed by atoms with E-state index in [1.807, 2.05) is 32.0 Å². The largest absolute Gasteiger partial charge is 0.334 e. The molecule has 0 radical (unpaired) electrons. The molecule has 1 aliphatic rings. The monoisotopic (exact) mass is 486 g/mol. The lowest BCUT2D eigenvalue weighted by atomic mass is 9.92. The maximum atomic E-state index is 14.0. The second-order valence-electron chi connectivity index (χ2n) is 8.93. The first kappa shape index (κ1) is 23.4. The van der Waals surface area contributed by atoms with Gasteiger partial charge in [0.25, 0.3) is 5.89 Å². The Kier molecular flexibility index (Phi) is 5.88. The number of allylic oxidation sites excluding steroid dienone is 1. The molecule has 0 saturated carbocycles. The maximum Gasteiger partial charge on any atom is 0.326 e. The van der Waals surface area contributed by atoms with Crippen LogP contribution in [-0.2, 0) is 0 Å². The zero-order valence-electron chi connectivity index (χ0n) is 20.3. The van der Waals surface area contributed by atoms with Crippen LogP contribution in [0.2, 0.25) is 0 Å². The Morgan fingerprint density at radius 2 is 1.72 bits per heavy atom. The number of halogens is 2. The number of amides is 2. The molecule has 5 rings (SSSR count). The molecule has 6 nitrogen and oxygen atoms in total. The third-order valence-corrected chi connectivity index (χ3v) is 6.49. The van der Waals surface area contributed by atoms with Crippen molar-refractivity contribution in [3.05, 3.63) is 106 Å². The molecule has 0 saturated heterocycles. The average Bonchev–Trinajstić information content (AvgIpc) is 3.32. The molecule has 0 fully saturated rings. The number of nitrogens with zero attached hydrogens (tertiary/aromatic N) is 3. The number of hydrogen-bond acceptors (Lipinski definition) is 4. The molecule has 0 bridgehead atoms. The van der Waals surface area contributed by atoms with E-state index in [-0.39, 0.29) is 23.6 Å². The van der Waals surface area contributed by atoms with E-state index in [1.165, 1.54) is 23.1 Å². The lowest BCUT2D eigenvalue weighted by molar-refractivity contribution is 0.244. The number of aromatic nitrogens is 2. The van der Waals surface area contributed by atoms with Gasteiger partial charge in [-0.2, -0.15) is 4.98 Å². The van der Waals surface area contributed by atoms with Crippen LogP contribution in [-0.4, -0.2) is 16.2 Å². The van der Waals surface area contributed by atoms with E-state index in [2.05, 4.69) is 15.5 Å². The van der Waals surface area contributed by atoms with E-state index in [1.54, 1.807) is 38.1 Å². The summed E-state index contributed by atoms with van der Waals surface area (Å²) in [6, 6.07) is 15.4. The van der Waals surface area contributed by atoms with Crippen molar-refractivity contribution in [2.45, 2.75) is 33.7 Å². The Hall–Kier alpha value is -4.33. The summed E-state index contributed by atoms with van der Waals surface area (Å²) in [4.78, 5) is 19.4. The lowest BCUT2D eigenvalue weighted by Crippen LogP contribution is -2.46. The summed E-state index contributed by atoms with van der Waals surface area (Å²) < 4.78 is 33.4. The number of carbonyl (C=O) groups is 1. The number of urea groups is 1. The van der Waals surface area contributed by atoms with Crippen LogP contribution in [0.25, 0.3) is 17.0 Å². The highest BCUT2D eigenvalue weighted by Crippen LogP contribution is 2.39. The first-order valence-corrected chi connectivity index (χ1v) is 11.5. The van der Waals surface area contributed by atoms with E-state index in [0.29, 0.717) is 28.1 Å². The van der Waals surface area contributed by atoms with Gasteiger partial charge in [-0.3, -0.25) is 4.90 Å². The number of carbonyl (C=O) groups excluding carboxylic acids is 1. The molecular weight excluding hydrogens is 462 g/mol. The SMILES string of the molecule is CC1=C(c2nc(-c3cccc(F)c3)no2)C(c2ccc(C)c(C)c2)NC(=O)N1c1ccc(F)c(C)c1. The Bertz CT molecular complexity index is 1530. The van der Waals surface area contributed by atoms with Crippen molar-refractivity contribution < 1.29 is 18.1 Å². The Morgan fingerprint density at radius 1 is 0.917 bits per heavy atom. The topological polar surface area (TPSA) is 71.3 Å². The second kappa shape index (κ2) is 9.03. The summed E-state index contributed by atoms with van der Waals surface area (Å²) in [5.41, 5.74) is 5.58. The number of benzene rings is 3. The van der Waals surface area contributed by atoms with Gasteiger partial charge in [0.05, 0.1) is 17.3 Å². The van der Waals surface area contributed by atoms with Gasteiger partial charge in [0.2, 0.25) is 5.82 Å². The number of nitrogens with one attached hydrogen (secondary N) is 1. The van der Waals surface area contributed by atoms with Gasteiger partial charge in [-0.15, -0.1) is 0 Å². The van der Waals surface area contributed by atoms with Crippen LogP contribution in [0.4, 0.5) is 19.3 Å². The fraction of sp³-hybridized carbons (Fsp3) is 0.179. The molecule has 2 heterocycles. The third-order valence-electron chi connectivity index (χ3n) is 6.49. The number of aryl methyl sites for hydroxylation is 3. The van der Waals surface area contributed by atoms with Crippen LogP contribution in [0.1, 0.15) is 41.1 Å². The molecule has 0 aliphatic carbocycles. The first-order valence-electron chi connectivity index (χ1n) is 11.5. The smallest absolute Gasteiger partial charge is 0.326 e. The molecular formula is C28H24F2N4O2. The van der Waals surface area contributed by atoms with Crippen molar-refractivity contribution in [2.24, 2.45) is 0 Å². The molecule has 4 aromatic rings. The molecule has 1 N–H and O–H groups in total. The average molecular weight is 487 g/mol. The summed E-state index contributed by atoms with van der Waals surface area (Å²) in [7, 11) is 0. The second-order valence-corrected chi connectivity index (χ2v) is 8.93. The summed E-state index contributed by atoms with van der Waals surface area (Å²) in [5, 5.41) is 7.12. The first-order chi connectivity index (χ1) is 17.2. The Balaban J connectivity index is 1.68. The quantitative estimate of drug-likeness (QED) is 0.351. The predicted octanol–water partition coefficient (Wildman–Crippen LogP) is 6.64.